The number of nitrogens with zero attached hydrogens (tertiary/aromatic N) is 4. The van der Waals surface area contributed by atoms with Gasteiger partial charge in [-0.15, -0.1) is 6.58 Å². The molecule has 14 heteroatoms. The third-order valence-corrected chi connectivity index (χ3v) is 11.7. The maximum Gasteiger partial charge on any atom is 0.303 e. The summed E-state index contributed by atoms with van der Waals surface area (Å²) in [6, 6.07) is 24.3. The van der Waals surface area contributed by atoms with Crippen LogP contribution in [0.5, 0.6) is 11.5 Å². The van der Waals surface area contributed by atoms with Gasteiger partial charge in [-0.05, 0) is 129 Å². The van der Waals surface area contributed by atoms with Crippen LogP contribution in [0.1, 0.15) is 134 Å². The molecule has 2 amide bonds. The molecule has 1 aromatic heterocycles. The number of carbonyl (C=O) groups excluding carboxylic acids is 2. The molecule has 406 valence electrons. The number of fused-ring (bicyclic) bond motifs is 1. The highest BCUT2D eigenvalue weighted by molar-refractivity contribution is 5.99. The first-order valence-corrected chi connectivity index (χ1v) is 26.1. The topological polar surface area (TPSA) is 185 Å². The van der Waals surface area contributed by atoms with Crippen molar-refractivity contribution in [2.45, 2.75) is 132 Å². The van der Waals surface area contributed by atoms with Crippen molar-refractivity contribution < 1.29 is 38.8 Å². The number of H-pyrrole nitrogens is 1. The summed E-state index contributed by atoms with van der Waals surface area (Å²) in [5.74, 6) is -0.378. The highest BCUT2D eigenvalue weighted by atomic mass is 19.1. The lowest BCUT2D eigenvalue weighted by molar-refractivity contribution is -0.137. The Balaban J connectivity index is 0.000000745. The van der Waals surface area contributed by atoms with Crippen molar-refractivity contribution in [1.29, 1.82) is 0 Å². The zero-order chi connectivity index (χ0) is 55.8. The third kappa shape index (κ3) is 21.3. The number of halogens is 1. The van der Waals surface area contributed by atoms with Crippen molar-refractivity contribution in [3.8, 4) is 22.6 Å². The summed E-state index contributed by atoms with van der Waals surface area (Å²) >= 11 is 0. The molecule has 6 N–H and O–H groups in total. The lowest BCUT2D eigenvalue weighted by Crippen LogP contribution is -2.40. The van der Waals surface area contributed by atoms with Crippen LogP contribution in [-0.4, -0.2) is 107 Å². The number of allylic oxidation sites excluding steroid dienone is 2. The number of nitrogens with one attached hydrogen (secondary N) is 1. The molecule has 4 aromatic carbocycles. The number of aliphatic imine (C=N–C) groups is 1. The van der Waals surface area contributed by atoms with E-state index in [2.05, 4.69) is 51.5 Å². The van der Waals surface area contributed by atoms with Gasteiger partial charge in [0.25, 0.3) is 5.91 Å². The first-order chi connectivity index (χ1) is 35.6. The Kier molecular flexibility index (Phi) is 31.7. The fraction of sp³-hybridized carbons (Fsp3) is 0.433. The lowest BCUT2D eigenvalue weighted by Gasteiger charge is -2.33. The Bertz CT molecular complexity index is 2490. The van der Waals surface area contributed by atoms with E-state index in [-0.39, 0.29) is 36.6 Å². The summed E-state index contributed by atoms with van der Waals surface area (Å²) in [4.78, 5) is 47.0. The van der Waals surface area contributed by atoms with E-state index in [9.17, 15) is 24.6 Å². The van der Waals surface area contributed by atoms with Gasteiger partial charge in [0.1, 0.15) is 29.8 Å². The van der Waals surface area contributed by atoms with Crippen LogP contribution >= 0.6 is 0 Å². The van der Waals surface area contributed by atoms with Gasteiger partial charge in [-0.3, -0.25) is 19.4 Å². The maximum atomic E-state index is 15.5. The number of ether oxygens (including phenoxy) is 1. The molecular weight excluding hydrogens is 936 g/mol. The van der Waals surface area contributed by atoms with E-state index in [0.29, 0.717) is 61.1 Å². The van der Waals surface area contributed by atoms with E-state index in [4.69, 9.17) is 9.84 Å². The van der Waals surface area contributed by atoms with Crippen molar-refractivity contribution in [2.75, 3.05) is 46.2 Å². The zero-order valence-corrected chi connectivity index (χ0v) is 46.4. The smallest absolute Gasteiger partial charge is 0.303 e. The van der Waals surface area contributed by atoms with E-state index in [1.165, 1.54) is 31.4 Å². The van der Waals surface area contributed by atoms with Gasteiger partial charge < -0.3 is 45.5 Å². The molecular formula is C60H87FN6O7. The average molecular weight is 1020 g/mol. The number of aliphatic hydroxyl groups excluding tert-OH is 1. The zero-order valence-electron chi connectivity index (χ0n) is 46.4. The summed E-state index contributed by atoms with van der Waals surface area (Å²) in [5.41, 5.74) is 11.4. The van der Waals surface area contributed by atoms with Crippen molar-refractivity contribution in [3.05, 3.63) is 138 Å². The highest BCUT2D eigenvalue weighted by Crippen LogP contribution is 2.31. The number of aromatic hydroxyl groups is 1. The molecule has 0 bridgehead atoms. The van der Waals surface area contributed by atoms with E-state index in [0.717, 1.165) is 51.7 Å². The Morgan fingerprint density at radius 2 is 1.49 bits per heavy atom. The van der Waals surface area contributed by atoms with E-state index >= 15 is 4.39 Å². The van der Waals surface area contributed by atoms with Crippen molar-refractivity contribution >= 4 is 40.2 Å². The molecule has 0 unspecified atom stereocenters. The van der Waals surface area contributed by atoms with Crippen LogP contribution in [0.25, 0.3) is 22.0 Å². The number of phenols is 1. The second-order valence-electron chi connectivity index (χ2n) is 17.0. The Morgan fingerprint density at radius 1 is 0.865 bits per heavy atom. The minimum atomic E-state index is -0.815. The molecule has 1 aliphatic heterocycles. The number of carboxylic acid groups (broad SMARTS) is 1. The molecule has 2 aliphatic rings. The number of anilines is 1. The molecule has 2 fully saturated rings. The fourth-order valence-corrected chi connectivity index (χ4v) is 8.14. The Morgan fingerprint density at radius 3 is 2.01 bits per heavy atom. The normalized spacial score (nSPS) is 13.2. The number of carboxylic acids is 1. The SMILES string of the molecule is C/C=C/C(N)=O.C=CC.CC.CC.CC.CN=C(c1ccc(OCc2cc(C(=O)N3CCC(O)CC3)ccc2-c2ccc(N(C)C)cc2)cc1F)N(C)C1CCCCC1.O=C(O)CCc1c[nH]c2ccc(O)cc12. The number of amides is 2. The molecule has 2 heterocycles. The van der Waals surface area contributed by atoms with Crippen LogP contribution in [0.15, 0.2) is 115 Å². The molecule has 7 rings (SSSR count). The number of piperidine rings is 1. The number of benzene rings is 4. The average Bonchev–Trinajstić information content (AvgIpc) is 3.82. The van der Waals surface area contributed by atoms with Gasteiger partial charge in [0.15, 0.2) is 0 Å². The second-order valence-corrected chi connectivity index (χ2v) is 17.0. The number of likely N-dealkylation sites (tertiary alicyclic amines) is 1. The standard InChI is InChI=1S/C36H45FN4O3.C11H11NO3.C4H7NO.C3H6.3C2H6/c1-38-35(40(4)29-8-6-5-7-9-29)33-17-15-31(23-34(33)37)44-24-27-22-26(36(43)41-20-18-30(42)19-21-41)12-16-32(27)25-10-13-28(14-11-25)39(2)3;13-8-2-3-10-9(5-8)7(6-12-10)1-4-11(14)15;1-2-3-4(5)6;1-3-2;3*1-2/h10-17,22-23,29-30,42H,5-9,18-21,24H2,1-4H3;2-3,5-6,12-13H,1,4H2,(H,14,15);2-3H,1H3,(H2,5,6);3H,1H2,2H3;3*1-2H3/b;;3-2+;;;;. The molecule has 1 saturated heterocycles. The van der Waals surface area contributed by atoms with Gasteiger partial charge >= 0.3 is 5.97 Å². The van der Waals surface area contributed by atoms with Gasteiger partial charge in [0.05, 0.1) is 11.7 Å². The van der Waals surface area contributed by atoms with Crippen LogP contribution in [0.2, 0.25) is 0 Å². The van der Waals surface area contributed by atoms with Crippen LogP contribution in [0, 0.1) is 5.82 Å². The molecule has 1 saturated carbocycles. The number of aryl methyl sites for hydroxylation is 1. The lowest BCUT2D eigenvalue weighted by atomic mass is 9.94. The van der Waals surface area contributed by atoms with Crippen molar-refractivity contribution in [2.24, 2.45) is 10.7 Å². The molecule has 0 spiro atoms. The minimum absolute atomic E-state index is 0.0588. The van der Waals surface area contributed by atoms with Gasteiger partial charge in [-0.2, -0.15) is 0 Å². The van der Waals surface area contributed by atoms with E-state index in [1.807, 2.05) is 92.7 Å². The van der Waals surface area contributed by atoms with Crippen LogP contribution in [0.3, 0.4) is 0 Å². The first-order valence-electron chi connectivity index (χ1n) is 26.1. The molecule has 74 heavy (non-hydrogen) atoms. The van der Waals surface area contributed by atoms with Crippen molar-refractivity contribution in [3.63, 3.8) is 0 Å². The summed E-state index contributed by atoms with van der Waals surface area (Å²) in [7, 11) is 7.73. The molecule has 1 aliphatic carbocycles. The van der Waals surface area contributed by atoms with Crippen molar-refractivity contribution in [1.82, 2.24) is 14.8 Å². The Labute approximate surface area is 441 Å². The fourth-order valence-electron chi connectivity index (χ4n) is 8.14. The summed E-state index contributed by atoms with van der Waals surface area (Å²) in [6.07, 6.45) is 13.7. The van der Waals surface area contributed by atoms with Crippen LogP contribution in [0.4, 0.5) is 10.1 Å². The number of hydrogen-bond donors (Lipinski definition) is 5. The van der Waals surface area contributed by atoms with Crippen LogP contribution in [-0.2, 0) is 22.6 Å². The maximum absolute atomic E-state index is 15.5. The summed E-state index contributed by atoms with van der Waals surface area (Å²) in [6.45, 7) is 20.2. The van der Waals surface area contributed by atoms with E-state index < -0.39 is 11.9 Å². The Hall–Kier alpha value is -6.93. The quantitative estimate of drug-likeness (QED) is 0.0351. The van der Waals surface area contributed by atoms with Gasteiger partial charge in [0, 0.05) is 88.2 Å². The van der Waals surface area contributed by atoms with E-state index in [1.54, 1.807) is 67.6 Å². The number of primary amides is 1. The number of aliphatic carboxylic acids is 1. The number of carbonyl (C=O) groups is 3. The third-order valence-electron chi connectivity index (χ3n) is 11.7. The van der Waals surface area contributed by atoms with Gasteiger partial charge in [-0.1, -0.05) is 91.2 Å². The van der Waals surface area contributed by atoms with Crippen LogP contribution < -0.4 is 15.4 Å². The summed E-state index contributed by atoms with van der Waals surface area (Å²) in [5, 5.41) is 28.7. The molecule has 13 nitrogen and oxygen atoms in total. The van der Waals surface area contributed by atoms with Gasteiger partial charge in [0.2, 0.25) is 5.91 Å². The minimum Gasteiger partial charge on any atom is -0.508 e. The predicted octanol–water partition coefficient (Wildman–Crippen LogP) is 12.6. The number of phenolic OH excluding ortho intramolecular Hbond substituents is 1. The highest BCUT2D eigenvalue weighted by Gasteiger charge is 2.25. The number of rotatable bonds is 12. The molecule has 5 aromatic rings. The number of aliphatic hydroxyl groups is 1. The number of hydrogen-bond acceptors (Lipinski definition) is 8. The number of aromatic amines is 1. The molecule has 0 radical (unpaired) electrons. The number of nitrogens with two attached hydrogens (primary N) is 1. The number of aromatic nitrogens is 1. The van der Waals surface area contributed by atoms with Gasteiger partial charge in [-0.25, -0.2) is 4.39 Å². The predicted molar refractivity (Wildman–Crippen MR) is 305 cm³/mol. The monoisotopic (exact) mass is 1020 g/mol. The second kappa shape index (κ2) is 36.1. The largest absolute Gasteiger partial charge is 0.508 e. The summed E-state index contributed by atoms with van der Waals surface area (Å²) < 4.78 is 21.7. The first kappa shape index (κ1) is 65.1. The molecule has 0 atom stereocenters. The number of amidine groups is 1.